The van der Waals surface area contributed by atoms with E-state index in [-0.39, 0.29) is 12.3 Å². The first-order valence-corrected chi connectivity index (χ1v) is 10.3. The number of nitrogens with zero attached hydrogens (tertiary/aromatic N) is 2. The van der Waals surface area contributed by atoms with Gasteiger partial charge in [0.2, 0.25) is 5.91 Å². The highest BCUT2D eigenvalue weighted by Crippen LogP contribution is 2.33. The van der Waals surface area contributed by atoms with Gasteiger partial charge in [0.05, 0.1) is 30.8 Å². The number of amides is 2. The van der Waals surface area contributed by atoms with Gasteiger partial charge in [-0.1, -0.05) is 12.1 Å². The van der Waals surface area contributed by atoms with Gasteiger partial charge in [-0.15, -0.1) is 0 Å². The highest BCUT2D eigenvalue weighted by Gasteiger charge is 2.20. The molecule has 1 fully saturated rings. The third-order valence-electron chi connectivity index (χ3n) is 5.66. The van der Waals surface area contributed by atoms with Gasteiger partial charge < -0.3 is 20.4 Å². The van der Waals surface area contributed by atoms with Gasteiger partial charge in [0.25, 0.3) is 5.91 Å². The van der Waals surface area contributed by atoms with Gasteiger partial charge >= 0.3 is 0 Å². The summed E-state index contributed by atoms with van der Waals surface area (Å²) in [7, 11) is 0. The number of carbonyl (C=O) groups is 2. The summed E-state index contributed by atoms with van der Waals surface area (Å²) in [5, 5.41) is 1.96. The number of primary amides is 1. The molecular formula is C24H22N4O3. The van der Waals surface area contributed by atoms with Gasteiger partial charge in [-0.2, -0.15) is 0 Å². The number of hydrogen-bond acceptors (Lipinski definition) is 4. The molecule has 1 aliphatic heterocycles. The van der Waals surface area contributed by atoms with Crippen LogP contribution in [-0.4, -0.2) is 53.0 Å². The average molecular weight is 414 g/mol. The molecule has 2 aromatic heterocycles. The van der Waals surface area contributed by atoms with Crippen LogP contribution in [0.5, 0.6) is 0 Å². The molecule has 3 N–H and O–H groups in total. The minimum atomic E-state index is -0.402. The Balaban J connectivity index is 1.64. The summed E-state index contributed by atoms with van der Waals surface area (Å²) in [6, 6.07) is 15.4. The molecule has 4 aromatic rings. The molecule has 0 unspecified atom stereocenters. The first-order valence-electron chi connectivity index (χ1n) is 10.3. The SMILES string of the molecule is NC(=O)Cc1cc(-c2ccccn2)cc2c1[nH]c1cc(C(=O)N3CCOCC3)ccc12. The van der Waals surface area contributed by atoms with Crippen molar-refractivity contribution in [2.75, 3.05) is 26.3 Å². The van der Waals surface area contributed by atoms with Crippen molar-refractivity contribution in [2.24, 2.45) is 5.73 Å². The van der Waals surface area contributed by atoms with Gasteiger partial charge in [-0.3, -0.25) is 14.6 Å². The van der Waals surface area contributed by atoms with E-state index >= 15 is 0 Å². The Kier molecular flexibility index (Phi) is 4.88. The number of H-pyrrole nitrogens is 1. The minimum absolute atomic E-state index is 0.00427. The van der Waals surface area contributed by atoms with E-state index in [4.69, 9.17) is 10.5 Å². The fourth-order valence-electron chi connectivity index (χ4n) is 4.17. The van der Waals surface area contributed by atoms with Gasteiger partial charge in [0.15, 0.2) is 0 Å². The number of carbonyl (C=O) groups excluding carboxylic acids is 2. The van der Waals surface area contributed by atoms with Crippen molar-refractivity contribution in [1.29, 1.82) is 0 Å². The Hall–Kier alpha value is -3.71. The third kappa shape index (κ3) is 3.64. The highest BCUT2D eigenvalue weighted by atomic mass is 16.5. The molecular weight excluding hydrogens is 392 g/mol. The molecule has 2 amide bonds. The van der Waals surface area contributed by atoms with Gasteiger partial charge in [0.1, 0.15) is 0 Å². The van der Waals surface area contributed by atoms with E-state index in [1.54, 1.807) is 6.20 Å². The second-order valence-electron chi connectivity index (χ2n) is 7.71. The molecule has 31 heavy (non-hydrogen) atoms. The molecule has 5 rings (SSSR count). The number of benzene rings is 2. The number of aromatic nitrogens is 2. The zero-order valence-corrected chi connectivity index (χ0v) is 16.9. The second kappa shape index (κ2) is 7.85. The number of fused-ring (bicyclic) bond motifs is 3. The van der Waals surface area contributed by atoms with Crippen LogP contribution in [0.4, 0.5) is 0 Å². The van der Waals surface area contributed by atoms with E-state index in [0.717, 1.165) is 38.6 Å². The van der Waals surface area contributed by atoms with Crippen molar-refractivity contribution in [3.8, 4) is 11.3 Å². The average Bonchev–Trinajstić information content (AvgIpc) is 3.17. The molecule has 0 bridgehead atoms. The van der Waals surface area contributed by atoms with Crippen LogP contribution in [0.1, 0.15) is 15.9 Å². The molecule has 0 saturated carbocycles. The Morgan fingerprint density at radius 3 is 2.65 bits per heavy atom. The summed E-state index contributed by atoms with van der Waals surface area (Å²) in [4.78, 5) is 34.3. The normalized spacial score (nSPS) is 14.3. The van der Waals surface area contributed by atoms with Gasteiger partial charge in [-0.25, -0.2) is 0 Å². The molecule has 0 aliphatic carbocycles. The predicted octanol–water partition coefficient (Wildman–Crippen LogP) is 2.88. The van der Waals surface area contributed by atoms with E-state index in [0.29, 0.717) is 31.9 Å². The number of nitrogens with one attached hydrogen (secondary N) is 1. The van der Waals surface area contributed by atoms with Crippen molar-refractivity contribution >= 4 is 33.6 Å². The van der Waals surface area contributed by atoms with E-state index in [1.807, 2.05) is 47.4 Å². The molecule has 7 nitrogen and oxygen atoms in total. The van der Waals surface area contributed by atoms with E-state index in [2.05, 4.69) is 16.0 Å². The molecule has 0 spiro atoms. The summed E-state index contributed by atoms with van der Waals surface area (Å²) in [6.45, 7) is 2.32. The number of nitrogens with two attached hydrogens (primary N) is 1. The lowest BCUT2D eigenvalue weighted by atomic mass is 10.00. The maximum absolute atomic E-state index is 12.9. The van der Waals surface area contributed by atoms with Crippen molar-refractivity contribution < 1.29 is 14.3 Å². The zero-order valence-electron chi connectivity index (χ0n) is 16.9. The quantitative estimate of drug-likeness (QED) is 0.536. The van der Waals surface area contributed by atoms with Crippen molar-refractivity contribution in [3.05, 3.63) is 65.9 Å². The molecule has 0 radical (unpaired) electrons. The number of rotatable bonds is 4. The Bertz CT molecular complexity index is 1290. The first-order chi connectivity index (χ1) is 15.1. The molecule has 156 valence electrons. The lowest BCUT2D eigenvalue weighted by molar-refractivity contribution is -0.117. The number of hydrogen-bond donors (Lipinski definition) is 2. The highest BCUT2D eigenvalue weighted by molar-refractivity contribution is 6.12. The Morgan fingerprint density at radius 1 is 1.06 bits per heavy atom. The maximum atomic E-state index is 12.9. The molecule has 1 aliphatic rings. The Morgan fingerprint density at radius 2 is 1.90 bits per heavy atom. The number of aromatic amines is 1. The van der Waals surface area contributed by atoms with Crippen LogP contribution in [-0.2, 0) is 16.0 Å². The first kappa shape index (κ1) is 19.3. The molecule has 1 saturated heterocycles. The van der Waals surface area contributed by atoms with Crippen LogP contribution in [0, 0.1) is 0 Å². The number of pyridine rings is 1. The van der Waals surface area contributed by atoms with Crippen LogP contribution in [0.2, 0.25) is 0 Å². The van der Waals surface area contributed by atoms with Crippen molar-refractivity contribution in [3.63, 3.8) is 0 Å². The van der Waals surface area contributed by atoms with Crippen LogP contribution >= 0.6 is 0 Å². The standard InChI is InChI=1S/C24H22N4O3/c25-22(29)14-17-11-16(20-3-1-2-6-26-20)12-19-18-5-4-15(13-21(18)27-23(17)19)24(30)28-7-9-31-10-8-28/h1-6,11-13,27H,7-10,14H2,(H2,25,29). The summed E-state index contributed by atoms with van der Waals surface area (Å²) in [5.74, 6) is -0.406. The lowest BCUT2D eigenvalue weighted by Crippen LogP contribution is -2.40. The zero-order chi connectivity index (χ0) is 21.4. The molecule has 2 aromatic carbocycles. The summed E-state index contributed by atoms with van der Waals surface area (Å²) >= 11 is 0. The summed E-state index contributed by atoms with van der Waals surface area (Å²) in [5.41, 5.74) is 10.4. The Labute approximate surface area is 178 Å². The van der Waals surface area contributed by atoms with E-state index in [1.165, 1.54) is 0 Å². The predicted molar refractivity (Wildman–Crippen MR) is 119 cm³/mol. The molecule has 0 atom stereocenters. The van der Waals surface area contributed by atoms with Gasteiger partial charge in [-0.05, 0) is 42.0 Å². The monoisotopic (exact) mass is 414 g/mol. The molecule has 7 heteroatoms. The smallest absolute Gasteiger partial charge is 0.254 e. The topological polar surface area (TPSA) is 101 Å². The van der Waals surface area contributed by atoms with Gasteiger partial charge in [0, 0.05) is 46.7 Å². The summed E-state index contributed by atoms with van der Waals surface area (Å²) < 4.78 is 5.35. The largest absolute Gasteiger partial charge is 0.378 e. The third-order valence-corrected chi connectivity index (χ3v) is 5.66. The fraction of sp³-hybridized carbons (Fsp3) is 0.208. The number of morpholine rings is 1. The minimum Gasteiger partial charge on any atom is -0.378 e. The van der Waals surface area contributed by atoms with E-state index < -0.39 is 5.91 Å². The van der Waals surface area contributed by atoms with Crippen LogP contribution in [0.25, 0.3) is 33.1 Å². The molecule has 3 heterocycles. The van der Waals surface area contributed by atoms with Crippen LogP contribution in [0.15, 0.2) is 54.7 Å². The maximum Gasteiger partial charge on any atom is 0.254 e. The fourth-order valence-corrected chi connectivity index (χ4v) is 4.17. The second-order valence-corrected chi connectivity index (χ2v) is 7.71. The van der Waals surface area contributed by atoms with Crippen LogP contribution in [0.3, 0.4) is 0 Å². The number of ether oxygens (including phenoxy) is 1. The van der Waals surface area contributed by atoms with Crippen LogP contribution < -0.4 is 5.73 Å². The summed E-state index contributed by atoms with van der Waals surface area (Å²) in [6.07, 6.45) is 1.86. The lowest BCUT2D eigenvalue weighted by Gasteiger charge is -2.26. The van der Waals surface area contributed by atoms with E-state index in [9.17, 15) is 9.59 Å². The van der Waals surface area contributed by atoms with Crippen molar-refractivity contribution in [1.82, 2.24) is 14.9 Å². The van der Waals surface area contributed by atoms with Crippen molar-refractivity contribution in [2.45, 2.75) is 6.42 Å².